The first kappa shape index (κ1) is 30.2. The molecular weight excluding hydrogens is 500 g/mol. The molecule has 1 aliphatic rings. The summed E-state index contributed by atoms with van der Waals surface area (Å²) in [4.78, 5) is 4.92. The Bertz CT molecular complexity index is 1350. The molecule has 0 bridgehead atoms. The Labute approximate surface area is 238 Å². The number of hydrogen-bond donors (Lipinski definition) is 0. The number of rotatable bonds is 6. The summed E-state index contributed by atoms with van der Waals surface area (Å²) in [7, 11) is 7.87. The zero-order valence-corrected chi connectivity index (χ0v) is 25.1. The maximum absolute atomic E-state index is 4.46. The van der Waals surface area contributed by atoms with Gasteiger partial charge in [0.2, 0.25) is 0 Å². The lowest BCUT2D eigenvalue weighted by Crippen LogP contribution is -2.47. The standard InChI is InChI=1S/C28H36N10.2CH3/c1-21-19-23(29-31-27-33(3)11-12-34(27)4)7-9-25(21)37-15-17-38(18-16-37)26-10-8-24(20-22(26)2)30-32-28-35(5)13-14-36(28)6;;/h7-14,19-20H,15-18H2,1-6H3;2*1H3/q+2;2*-1. The lowest BCUT2D eigenvalue weighted by atomic mass is 10.1. The summed E-state index contributed by atoms with van der Waals surface area (Å²) < 4.78 is 7.81. The second kappa shape index (κ2) is 12.7. The molecule has 0 atom stereocenters. The molecule has 1 aliphatic heterocycles. The second-order valence-corrected chi connectivity index (χ2v) is 9.96. The van der Waals surface area contributed by atoms with Gasteiger partial charge in [0.25, 0.3) is 0 Å². The monoisotopic (exact) mass is 542 g/mol. The van der Waals surface area contributed by atoms with Crippen molar-refractivity contribution < 1.29 is 9.13 Å². The molecular formula is C30H42N10. The number of hydrogen-bond acceptors (Lipinski definition) is 6. The van der Waals surface area contributed by atoms with Gasteiger partial charge in [0.1, 0.15) is 11.4 Å². The third-order valence-electron chi connectivity index (χ3n) is 7.12. The van der Waals surface area contributed by atoms with Crippen LogP contribution in [-0.2, 0) is 28.2 Å². The van der Waals surface area contributed by atoms with Gasteiger partial charge >= 0.3 is 11.9 Å². The van der Waals surface area contributed by atoms with Crippen LogP contribution in [0.25, 0.3) is 0 Å². The van der Waals surface area contributed by atoms with E-state index in [1.165, 1.54) is 22.5 Å². The van der Waals surface area contributed by atoms with Gasteiger partial charge in [-0.25, -0.2) is 18.3 Å². The number of imidazole rings is 2. The van der Waals surface area contributed by atoms with Gasteiger partial charge in [-0.15, -0.1) is 0 Å². The van der Waals surface area contributed by atoms with Gasteiger partial charge < -0.3 is 24.7 Å². The first-order valence-electron chi connectivity index (χ1n) is 12.9. The van der Waals surface area contributed by atoms with Crippen LogP contribution in [-0.4, -0.2) is 35.3 Å². The van der Waals surface area contributed by atoms with Gasteiger partial charge in [-0.2, -0.15) is 0 Å². The maximum atomic E-state index is 4.46. The van der Waals surface area contributed by atoms with Crippen LogP contribution in [0, 0.1) is 28.7 Å². The molecule has 0 radical (unpaired) electrons. The average molecular weight is 543 g/mol. The van der Waals surface area contributed by atoms with E-state index in [0.717, 1.165) is 49.5 Å². The van der Waals surface area contributed by atoms with E-state index in [2.05, 4.69) is 68.4 Å². The van der Waals surface area contributed by atoms with Crippen LogP contribution in [0.3, 0.4) is 0 Å². The first-order valence-corrected chi connectivity index (χ1v) is 12.9. The smallest absolute Gasteiger partial charge is 0.368 e. The Balaban J connectivity index is 0.00000220. The second-order valence-electron chi connectivity index (χ2n) is 9.96. The Kier molecular flexibility index (Phi) is 9.57. The summed E-state index contributed by atoms with van der Waals surface area (Å²) in [6, 6.07) is 12.7. The van der Waals surface area contributed by atoms with E-state index in [-0.39, 0.29) is 14.9 Å². The fraction of sp³-hybridized carbons (Fsp3) is 0.333. The summed E-state index contributed by atoms with van der Waals surface area (Å²) in [5.74, 6) is 1.61. The van der Waals surface area contributed by atoms with Gasteiger partial charge in [-0.3, -0.25) is 0 Å². The van der Waals surface area contributed by atoms with Crippen LogP contribution < -0.4 is 18.9 Å². The topological polar surface area (TPSA) is 73.5 Å². The van der Waals surface area contributed by atoms with Crippen molar-refractivity contribution in [3.8, 4) is 0 Å². The number of azo groups is 2. The summed E-state index contributed by atoms with van der Waals surface area (Å²) in [6.07, 6.45) is 7.87. The molecule has 10 nitrogen and oxygen atoms in total. The Morgan fingerprint density at radius 1 is 0.600 bits per heavy atom. The number of nitrogens with zero attached hydrogens (tertiary/aromatic N) is 10. The molecule has 0 N–H and O–H groups in total. The predicted octanol–water partition coefficient (Wildman–Crippen LogP) is 5.69. The molecule has 1 saturated heterocycles. The lowest BCUT2D eigenvalue weighted by molar-refractivity contribution is -0.657. The van der Waals surface area contributed by atoms with Crippen molar-refractivity contribution in [3.63, 3.8) is 0 Å². The molecule has 212 valence electrons. The van der Waals surface area contributed by atoms with Crippen molar-refractivity contribution >= 4 is 34.6 Å². The highest BCUT2D eigenvalue weighted by atomic mass is 15.3. The molecule has 10 heteroatoms. The number of aromatic nitrogens is 4. The summed E-state index contributed by atoms with van der Waals surface area (Å²) in [5.41, 5.74) is 6.66. The minimum atomic E-state index is 0. The molecule has 0 saturated carbocycles. The van der Waals surface area contributed by atoms with E-state index >= 15 is 0 Å². The van der Waals surface area contributed by atoms with E-state index in [4.69, 9.17) is 0 Å². The Morgan fingerprint density at radius 2 is 0.975 bits per heavy atom. The summed E-state index contributed by atoms with van der Waals surface area (Å²) in [5, 5.41) is 17.8. The third-order valence-corrected chi connectivity index (χ3v) is 7.12. The van der Waals surface area contributed by atoms with E-state index in [1.807, 2.05) is 83.4 Å². The molecule has 0 amide bonds. The third kappa shape index (κ3) is 6.27. The van der Waals surface area contributed by atoms with Crippen LogP contribution in [0.15, 0.2) is 81.6 Å². The van der Waals surface area contributed by atoms with Gasteiger partial charge in [0.05, 0.1) is 53.0 Å². The van der Waals surface area contributed by atoms with Gasteiger partial charge in [-0.05, 0) is 61.4 Å². The minimum Gasteiger partial charge on any atom is -0.368 e. The number of benzene rings is 2. The molecule has 40 heavy (non-hydrogen) atoms. The summed E-state index contributed by atoms with van der Waals surface area (Å²) >= 11 is 0. The van der Waals surface area contributed by atoms with Crippen LogP contribution >= 0.6 is 0 Å². The van der Waals surface area contributed by atoms with Gasteiger partial charge in [0.15, 0.2) is 0 Å². The maximum Gasteiger partial charge on any atom is 0.421 e. The molecule has 0 unspecified atom stereocenters. The highest BCUT2D eigenvalue weighted by Crippen LogP contribution is 2.30. The van der Waals surface area contributed by atoms with E-state index in [1.54, 1.807) is 0 Å². The van der Waals surface area contributed by atoms with Crippen molar-refractivity contribution in [1.29, 1.82) is 0 Å². The van der Waals surface area contributed by atoms with Crippen molar-refractivity contribution in [2.45, 2.75) is 13.8 Å². The molecule has 0 aliphatic carbocycles. The summed E-state index contributed by atoms with van der Waals surface area (Å²) in [6.45, 7) is 8.15. The number of piperazine rings is 1. The van der Waals surface area contributed by atoms with Crippen LogP contribution in [0.4, 0.5) is 34.6 Å². The quantitative estimate of drug-likeness (QED) is 0.178. The fourth-order valence-corrected chi connectivity index (χ4v) is 4.95. The number of aryl methyl sites for hydroxylation is 6. The molecule has 3 heterocycles. The Morgan fingerprint density at radius 3 is 1.27 bits per heavy atom. The molecule has 4 aromatic rings. The van der Waals surface area contributed by atoms with E-state index in [0.29, 0.717) is 0 Å². The van der Waals surface area contributed by atoms with Crippen LogP contribution in [0.1, 0.15) is 11.1 Å². The minimum absolute atomic E-state index is 0. The van der Waals surface area contributed by atoms with E-state index < -0.39 is 0 Å². The van der Waals surface area contributed by atoms with Crippen molar-refractivity contribution in [2.75, 3.05) is 36.0 Å². The zero-order chi connectivity index (χ0) is 26.8. The van der Waals surface area contributed by atoms with Gasteiger partial charge in [0, 0.05) is 47.8 Å². The SMILES string of the molecule is Cc1cc(N=Nc2n(C)cc[n+]2C)ccc1N1CCN(c2ccc(N=Nc3n(C)cc[n+]3C)cc2C)CC1.[CH3-].[CH3-]. The fourth-order valence-electron chi connectivity index (χ4n) is 4.95. The van der Waals surface area contributed by atoms with Gasteiger partial charge in [-0.1, -0.05) is 10.2 Å². The molecule has 0 spiro atoms. The lowest BCUT2D eigenvalue weighted by Gasteiger charge is -2.38. The van der Waals surface area contributed by atoms with E-state index in [9.17, 15) is 0 Å². The van der Waals surface area contributed by atoms with Crippen molar-refractivity contribution in [1.82, 2.24) is 9.13 Å². The molecule has 2 aromatic carbocycles. The predicted molar refractivity (Wildman–Crippen MR) is 161 cm³/mol. The molecule has 2 aromatic heterocycles. The van der Waals surface area contributed by atoms with Crippen LogP contribution in [0.2, 0.25) is 0 Å². The normalized spacial score (nSPS) is 13.7. The Hall–Kier alpha value is -4.34. The molecule has 5 rings (SSSR count). The first-order chi connectivity index (χ1) is 18.3. The molecule has 1 fully saturated rings. The van der Waals surface area contributed by atoms with Crippen LogP contribution in [0.5, 0.6) is 0 Å². The largest absolute Gasteiger partial charge is 0.421 e. The van der Waals surface area contributed by atoms with Crippen molar-refractivity contribution in [2.24, 2.45) is 48.6 Å². The zero-order valence-electron chi connectivity index (χ0n) is 25.1. The highest BCUT2D eigenvalue weighted by molar-refractivity contribution is 5.62. The van der Waals surface area contributed by atoms with Crippen molar-refractivity contribution in [3.05, 3.63) is 87.2 Å². The average Bonchev–Trinajstić information content (AvgIpc) is 3.40. The number of anilines is 2. The highest BCUT2D eigenvalue weighted by Gasteiger charge is 2.20.